The highest BCUT2D eigenvalue weighted by Crippen LogP contribution is 2.33. The highest BCUT2D eigenvalue weighted by molar-refractivity contribution is 4.99. The van der Waals surface area contributed by atoms with Gasteiger partial charge in [-0.3, -0.25) is 0 Å². The second-order valence-corrected chi connectivity index (χ2v) is 3.33. The molecule has 0 aromatic heterocycles. The number of aliphatic hydroxyl groups is 2. The summed E-state index contributed by atoms with van der Waals surface area (Å²) in [6, 6.07) is 0. The zero-order valence-corrected chi connectivity index (χ0v) is 7.65. The molecule has 1 rings (SSSR count). The minimum absolute atomic E-state index is 0.176. The molecule has 0 amide bonds. The first-order chi connectivity index (χ1) is 5.56. The first-order valence-corrected chi connectivity index (χ1v) is 4.05. The fourth-order valence-electron chi connectivity index (χ4n) is 1.51. The van der Waals surface area contributed by atoms with Gasteiger partial charge in [0.2, 0.25) is 0 Å². The van der Waals surface area contributed by atoms with Gasteiger partial charge in [0.05, 0.1) is 12.7 Å². The van der Waals surface area contributed by atoms with Crippen molar-refractivity contribution in [2.75, 3.05) is 13.7 Å². The zero-order valence-electron chi connectivity index (χ0n) is 7.65. The summed E-state index contributed by atoms with van der Waals surface area (Å²) >= 11 is 0. The van der Waals surface area contributed by atoms with E-state index < -0.39 is 17.8 Å². The fourth-order valence-corrected chi connectivity index (χ4v) is 1.51. The van der Waals surface area contributed by atoms with Crippen molar-refractivity contribution in [3.05, 3.63) is 0 Å². The highest BCUT2D eigenvalue weighted by Gasteiger charge is 2.51. The zero-order chi connectivity index (χ0) is 9.35. The summed E-state index contributed by atoms with van der Waals surface area (Å²) in [7, 11) is 1.53. The van der Waals surface area contributed by atoms with E-state index in [9.17, 15) is 5.11 Å². The monoisotopic (exact) mass is 176 g/mol. The molecular weight excluding hydrogens is 160 g/mol. The summed E-state index contributed by atoms with van der Waals surface area (Å²) in [4.78, 5) is 0. The Balaban J connectivity index is 2.76. The maximum Gasteiger partial charge on any atom is 0.119 e. The van der Waals surface area contributed by atoms with Crippen LogP contribution < -0.4 is 0 Å². The Morgan fingerprint density at radius 1 is 1.58 bits per heavy atom. The molecule has 12 heavy (non-hydrogen) atoms. The van der Waals surface area contributed by atoms with Gasteiger partial charge < -0.3 is 19.7 Å². The van der Waals surface area contributed by atoms with E-state index in [2.05, 4.69) is 0 Å². The first kappa shape index (κ1) is 9.92. The van der Waals surface area contributed by atoms with Gasteiger partial charge in [0.25, 0.3) is 0 Å². The normalized spacial score (nSPS) is 48.2. The van der Waals surface area contributed by atoms with Crippen LogP contribution in [0.25, 0.3) is 0 Å². The lowest BCUT2D eigenvalue weighted by molar-refractivity contribution is -0.0878. The molecule has 0 spiro atoms. The van der Waals surface area contributed by atoms with Crippen LogP contribution in [0.3, 0.4) is 0 Å². The third-order valence-corrected chi connectivity index (χ3v) is 2.75. The second kappa shape index (κ2) is 3.30. The van der Waals surface area contributed by atoms with Crippen molar-refractivity contribution in [1.82, 2.24) is 0 Å². The standard InChI is InChI=1S/C8H16O4/c1-5-8(2,11-3)7(10)6(4-9)12-5/h5-7,9-10H,4H2,1-3H3. The molecule has 0 aliphatic carbocycles. The summed E-state index contributed by atoms with van der Waals surface area (Å²) in [6.07, 6.45) is -1.48. The third kappa shape index (κ3) is 1.25. The van der Waals surface area contributed by atoms with Crippen molar-refractivity contribution < 1.29 is 19.7 Å². The summed E-state index contributed by atoms with van der Waals surface area (Å²) < 4.78 is 10.5. The van der Waals surface area contributed by atoms with Gasteiger partial charge in [-0.2, -0.15) is 0 Å². The Labute approximate surface area is 72.1 Å². The molecule has 2 N–H and O–H groups in total. The maximum absolute atomic E-state index is 9.67. The van der Waals surface area contributed by atoms with Crippen LogP contribution in [-0.4, -0.2) is 47.8 Å². The number of ether oxygens (including phenoxy) is 2. The summed E-state index contributed by atoms with van der Waals surface area (Å²) in [6.45, 7) is 3.42. The number of methoxy groups -OCH3 is 1. The third-order valence-electron chi connectivity index (χ3n) is 2.75. The predicted molar refractivity (Wildman–Crippen MR) is 42.8 cm³/mol. The van der Waals surface area contributed by atoms with Crippen molar-refractivity contribution in [3.8, 4) is 0 Å². The van der Waals surface area contributed by atoms with E-state index in [1.165, 1.54) is 7.11 Å². The summed E-state index contributed by atoms with van der Waals surface area (Å²) in [5.41, 5.74) is -0.701. The molecule has 1 saturated heterocycles. The molecule has 0 radical (unpaired) electrons. The number of aliphatic hydroxyl groups excluding tert-OH is 2. The number of rotatable bonds is 2. The van der Waals surface area contributed by atoms with E-state index in [1.807, 2.05) is 6.92 Å². The van der Waals surface area contributed by atoms with Crippen molar-refractivity contribution in [2.24, 2.45) is 0 Å². The SMILES string of the molecule is COC1(C)C(C)OC(CO)C1O. The Morgan fingerprint density at radius 3 is 2.42 bits per heavy atom. The Kier molecular flexibility index (Phi) is 2.73. The summed E-state index contributed by atoms with van der Waals surface area (Å²) in [5, 5.41) is 18.5. The van der Waals surface area contributed by atoms with Crippen molar-refractivity contribution in [2.45, 2.75) is 37.8 Å². The average Bonchev–Trinajstić information content (AvgIpc) is 2.30. The molecule has 0 saturated carbocycles. The lowest BCUT2D eigenvalue weighted by Gasteiger charge is -2.29. The molecule has 4 unspecified atom stereocenters. The van der Waals surface area contributed by atoms with E-state index in [1.54, 1.807) is 6.92 Å². The lowest BCUT2D eigenvalue weighted by atomic mass is 9.93. The maximum atomic E-state index is 9.67. The Bertz CT molecular complexity index is 161. The molecule has 0 aromatic rings. The Hall–Kier alpha value is -0.160. The predicted octanol–water partition coefficient (Wildman–Crippen LogP) is -0.468. The molecule has 1 aliphatic rings. The van der Waals surface area contributed by atoms with Crippen molar-refractivity contribution in [1.29, 1.82) is 0 Å². The first-order valence-electron chi connectivity index (χ1n) is 4.05. The van der Waals surface area contributed by atoms with E-state index in [-0.39, 0.29) is 12.7 Å². The van der Waals surface area contributed by atoms with E-state index in [0.29, 0.717) is 0 Å². The van der Waals surface area contributed by atoms with Gasteiger partial charge in [0, 0.05) is 7.11 Å². The molecule has 1 fully saturated rings. The molecule has 4 atom stereocenters. The van der Waals surface area contributed by atoms with E-state index >= 15 is 0 Å². The van der Waals surface area contributed by atoms with Gasteiger partial charge in [-0.05, 0) is 13.8 Å². The van der Waals surface area contributed by atoms with Crippen LogP contribution in [-0.2, 0) is 9.47 Å². The van der Waals surface area contributed by atoms with Gasteiger partial charge in [-0.1, -0.05) is 0 Å². The van der Waals surface area contributed by atoms with Crippen LogP contribution in [0.4, 0.5) is 0 Å². The lowest BCUT2D eigenvalue weighted by Crippen LogP contribution is -2.46. The minimum atomic E-state index is -0.762. The van der Waals surface area contributed by atoms with Crippen LogP contribution in [0.2, 0.25) is 0 Å². The van der Waals surface area contributed by atoms with Crippen molar-refractivity contribution >= 4 is 0 Å². The second-order valence-electron chi connectivity index (χ2n) is 3.33. The fraction of sp³-hybridized carbons (Fsp3) is 1.00. The van der Waals surface area contributed by atoms with Gasteiger partial charge in [-0.25, -0.2) is 0 Å². The van der Waals surface area contributed by atoms with Crippen LogP contribution in [0, 0.1) is 0 Å². The minimum Gasteiger partial charge on any atom is -0.394 e. The van der Waals surface area contributed by atoms with Gasteiger partial charge in [-0.15, -0.1) is 0 Å². The molecule has 4 nitrogen and oxygen atoms in total. The molecular formula is C8H16O4. The van der Waals surface area contributed by atoms with E-state index in [4.69, 9.17) is 14.6 Å². The topological polar surface area (TPSA) is 58.9 Å². The van der Waals surface area contributed by atoms with Gasteiger partial charge >= 0.3 is 0 Å². The molecule has 0 aromatic carbocycles. The summed E-state index contributed by atoms with van der Waals surface area (Å²) in [5.74, 6) is 0. The van der Waals surface area contributed by atoms with E-state index in [0.717, 1.165) is 0 Å². The van der Waals surface area contributed by atoms with Crippen LogP contribution >= 0.6 is 0 Å². The van der Waals surface area contributed by atoms with Crippen molar-refractivity contribution in [3.63, 3.8) is 0 Å². The molecule has 72 valence electrons. The molecule has 0 bridgehead atoms. The van der Waals surface area contributed by atoms with Crippen LogP contribution in [0.15, 0.2) is 0 Å². The largest absolute Gasteiger partial charge is 0.394 e. The molecule has 1 aliphatic heterocycles. The Morgan fingerprint density at radius 2 is 2.17 bits per heavy atom. The van der Waals surface area contributed by atoms with Crippen LogP contribution in [0.5, 0.6) is 0 Å². The quantitative estimate of drug-likeness (QED) is 0.597. The highest BCUT2D eigenvalue weighted by atomic mass is 16.6. The smallest absolute Gasteiger partial charge is 0.119 e. The number of hydrogen-bond acceptors (Lipinski definition) is 4. The van der Waals surface area contributed by atoms with Crippen LogP contribution in [0.1, 0.15) is 13.8 Å². The average molecular weight is 176 g/mol. The van der Waals surface area contributed by atoms with Gasteiger partial charge in [0.1, 0.15) is 17.8 Å². The molecule has 1 heterocycles. The van der Waals surface area contributed by atoms with Gasteiger partial charge in [0.15, 0.2) is 0 Å². The molecule has 4 heteroatoms. The number of hydrogen-bond donors (Lipinski definition) is 2.